The number of rotatable bonds is 0. The van der Waals surface area contributed by atoms with Gasteiger partial charge in [0.2, 0.25) is 11.8 Å². The van der Waals surface area contributed by atoms with E-state index in [0.717, 1.165) is 54.9 Å². The molecular weight excluding hydrogens is 310 g/mol. The summed E-state index contributed by atoms with van der Waals surface area (Å²) in [6.45, 7) is 4.16. The van der Waals surface area contributed by atoms with Gasteiger partial charge in [0.1, 0.15) is 6.04 Å². The number of aliphatic imine (C=N–C) groups is 2. The van der Waals surface area contributed by atoms with Crippen molar-refractivity contribution < 1.29 is 4.58 Å². The van der Waals surface area contributed by atoms with Crippen LogP contribution >= 0.6 is 11.6 Å². The molecule has 6 heteroatoms. The van der Waals surface area contributed by atoms with Crippen molar-refractivity contribution in [2.24, 2.45) is 9.98 Å². The van der Waals surface area contributed by atoms with Crippen molar-refractivity contribution in [2.75, 3.05) is 33.2 Å². The lowest BCUT2D eigenvalue weighted by atomic mass is 10.0. The van der Waals surface area contributed by atoms with E-state index in [1.165, 1.54) is 5.56 Å². The Kier molecular flexibility index (Phi) is 2.91. The number of piperazine rings is 1. The highest BCUT2D eigenvalue weighted by Gasteiger charge is 2.60. The minimum atomic E-state index is 0.417. The number of hydrogen-bond donors (Lipinski definition) is 0. The Hall–Kier alpha value is -1.72. The largest absolute Gasteiger partial charge is 0.351 e. The van der Waals surface area contributed by atoms with E-state index >= 15 is 0 Å². The highest BCUT2D eigenvalue weighted by Crippen LogP contribution is 2.37. The first-order valence-corrected chi connectivity index (χ1v) is 8.58. The third kappa shape index (κ3) is 2.14. The molecule has 2 atom stereocenters. The summed E-state index contributed by atoms with van der Waals surface area (Å²) >= 11 is 6.20. The lowest BCUT2D eigenvalue weighted by molar-refractivity contribution is -0.363. The molecule has 0 bridgehead atoms. The van der Waals surface area contributed by atoms with Crippen LogP contribution in [0.15, 0.2) is 28.2 Å². The average Bonchev–Trinajstić information content (AvgIpc) is 3.01. The first-order chi connectivity index (χ1) is 11.2. The first-order valence-electron chi connectivity index (χ1n) is 8.20. The Balaban J connectivity index is 1.59. The quantitative estimate of drug-likeness (QED) is 0.533. The maximum absolute atomic E-state index is 6.20. The predicted octanol–water partition coefficient (Wildman–Crippen LogP) is 1.42. The molecule has 4 aliphatic rings. The third-order valence-electron chi connectivity index (χ3n) is 5.32. The second-order valence-corrected chi connectivity index (χ2v) is 7.23. The second kappa shape index (κ2) is 4.89. The van der Waals surface area contributed by atoms with Gasteiger partial charge in [0.05, 0.1) is 5.69 Å². The maximum atomic E-state index is 6.20. The molecule has 5 nitrogen and oxygen atoms in total. The van der Waals surface area contributed by atoms with Gasteiger partial charge in [-0.1, -0.05) is 11.6 Å². The summed E-state index contributed by atoms with van der Waals surface area (Å²) in [5, 5.41) is 0.791. The van der Waals surface area contributed by atoms with Gasteiger partial charge in [0.15, 0.2) is 5.84 Å². The Morgan fingerprint density at radius 3 is 2.87 bits per heavy atom. The summed E-state index contributed by atoms with van der Waals surface area (Å²) in [6, 6.07) is 6.99. The van der Waals surface area contributed by atoms with E-state index in [4.69, 9.17) is 16.6 Å². The molecule has 0 N–H and O–H groups in total. The van der Waals surface area contributed by atoms with Gasteiger partial charge in [-0.2, -0.15) is 0 Å². The van der Waals surface area contributed by atoms with Crippen molar-refractivity contribution in [3.05, 3.63) is 28.8 Å². The number of fused-ring (bicyclic) bond motifs is 2. The highest BCUT2D eigenvalue weighted by atomic mass is 35.5. The molecule has 0 aliphatic carbocycles. The average molecular weight is 329 g/mol. The molecule has 0 aromatic heterocycles. The molecule has 23 heavy (non-hydrogen) atoms. The summed E-state index contributed by atoms with van der Waals surface area (Å²) in [7, 11) is 2.17. The highest BCUT2D eigenvalue weighted by molar-refractivity contribution is 6.45. The Bertz CT molecular complexity index is 773. The number of hydrogen-bond acceptors (Lipinski definition) is 4. The van der Waals surface area contributed by atoms with Crippen LogP contribution in [-0.2, 0) is 6.42 Å². The molecule has 4 heterocycles. The van der Waals surface area contributed by atoms with E-state index < -0.39 is 0 Å². The zero-order valence-corrected chi connectivity index (χ0v) is 13.9. The first kappa shape index (κ1) is 13.7. The summed E-state index contributed by atoms with van der Waals surface area (Å²) in [5.41, 5.74) is 3.44. The van der Waals surface area contributed by atoms with Crippen LogP contribution < -0.4 is 0 Å². The Morgan fingerprint density at radius 1 is 1.22 bits per heavy atom. The molecule has 4 aliphatic heterocycles. The maximum Gasteiger partial charge on any atom is 0.283 e. The van der Waals surface area contributed by atoms with Crippen LogP contribution in [-0.4, -0.2) is 77.6 Å². The van der Waals surface area contributed by atoms with Crippen molar-refractivity contribution in [3.63, 3.8) is 0 Å². The van der Waals surface area contributed by atoms with Crippen LogP contribution in [0.4, 0.5) is 5.69 Å². The van der Waals surface area contributed by atoms with Gasteiger partial charge in [-0.25, -0.2) is 9.57 Å². The van der Waals surface area contributed by atoms with Gasteiger partial charge < -0.3 is 9.80 Å². The van der Waals surface area contributed by atoms with Crippen molar-refractivity contribution in [1.82, 2.24) is 9.80 Å². The van der Waals surface area contributed by atoms with E-state index in [1.54, 1.807) is 0 Å². The van der Waals surface area contributed by atoms with Crippen LogP contribution in [0, 0.1) is 0 Å². The fourth-order valence-corrected chi connectivity index (χ4v) is 4.06. The van der Waals surface area contributed by atoms with Gasteiger partial charge in [-0.15, -0.1) is 0 Å². The Labute approximate surface area is 140 Å². The lowest BCUT2D eigenvalue weighted by Crippen LogP contribution is -2.50. The molecule has 0 saturated carbocycles. The predicted molar refractivity (Wildman–Crippen MR) is 92.7 cm³/mol. The standard InChI is InChI=1S/C17H19ClN5/c1-21-4-6-22(7-5-21)17-15-16-14(23(16)10-19-15)9-11-8-12(18)2-3-13(11)20-17/h2-3,8,10,14,16H,4-7,9H2,1H3/q+1. The number of amidine groups is 1. The Morgan fingerprint density at radius 2 is 2.04 bits per heavy atom. The fourth-order valence-electron chi connectivity index (χ4n) is 3.87. The van der Waals surface area contributed by atoms with Crippen molar-refractivity contribution in [1.29, 1.82) is 0 Å². The SMILES string of the molecule is CN1CCN(C2=Nc3ccc(Cl)cc3CC3C4C2=NC=[N+]34)CC1. The summed E-state index contributed by atoms with van der Waals surface area (Å²) < 4.78 is 2.34. The molecule has 5 rings (SSSR count). The molecule has 118 valence electrons. The van der Waals surface area contributed by atoms with E-state index in [2.05, 4.69) is 32.5 Å². The molecule has 0 amide bonds. The molecule has 0 spiro atoms. The topological polar surface area (TPSA) is 34.2 Å². The molecule has 2 unspecified atom stereocenters. The summed E-state index contributed by atoms with van der Waals surface area (Å²) in [5.74, 6) is 1.06. The van der Waals surface area contributed by atoms with E-state index in [9.17, 15) is 0 Å². The fraction of sp³-hybridized carbons (Fsp3) is 0.471. The van der Waals surface area contributed by atoms with Gasteiger partial charge in [-0.3, -0.25) is 0 Å². The minimum Gasteiger partial charge on any atom is -0.351 e. The van der Waals surface area contributed by atoms with Crippen molar-refractivity contribution in [3.8, 4) is 0 Å². The molecule has 1 aromatic carbocycles. The zero-order valence-electron chi connectivity index (χ0n) is 13.1. The van der Waals surface area contributed by atoms with Gasteiger partial charge in [0.25, 0.3) is 6.34 Å². The monoisotopic (exact) mass is 328 g/mol. The number of nitrogens with zero attached hydrogens (tertiary/aromatic N) is 5. The number of halogens is 1. The molecule has 1 aromatic rings. The van der Waals surface area contributed by atoms with Crippen LogP contribution in [0.25, 0.3) is 0 Å². The van der Waals surface area contributed by atoms with E-state index in [0.29, 0.717) is 12.1 Å². The van der Waals surface area contributed by atoms with Crippen molar-refractivity contribution in [2.45, 2.75) is 18.5 Å². The normalized spacial score (nSPS) is 29.0. The molecular formula is C17H19ClN5+. The number of likely N-dealkylation sites (N-methyl/N-ethyl adjacent to an activating group) is 1. The summed E-state index contributed by atoms with van der Waals surface area (Å²) in [4.78, 5) is 14.5. The summed E-state index contributed by atoms with van der Waals surface area (Å²) in [6.07, 6.45) is 2.99. The number of benzene rings is 1. The minimum absolute atomic E-state index is 0.417. The van der Waals surface area contributed by atoms with E-state index in [-0.39, 0.29) is 0 Å². The van der Waals surface area contributed by atoms with Crippen molar-refractivity contribution >= 4 is 35.2 Å². The van der Waals surface area contributed by atoms with Crippen LogP contribution in [0.1, 0.15) is 5.56 Å². The third-order valence-corrected chi connectivity index (χ3v) is 5.55. The zero-order chi connectivity index (χ0) is 15.6. The second-order valence-electron chi connectivity index (χ2n) is 6.79. The molecule has 0 radical (unpaired) electrons. The lowest BCUT2D eigenvalue weighted by Gasteiger charge is -2.34. The van der Waals surface area contributed by atoms with Gasteiger partial charge in [-0.05, 0) is 35.8 Å². The smallest absolute Gasteiger partial charge is 0.283 e. The van der Waals surface area contributed by atoms with Crippen LogP contribution in [0.2, 0.25) is 5.02 Å². The van der Waals surface area contributed by atoms with Gasteiger partial charge >= 0.3 is 0 Å². The van der Waals surface area contributed by atoms with Crippen LogP contribution in [0.3, 0.4) is 0 Å². The molecule has 2 fully saturated rings. The molecule has 2 saturated heterocycles. The van der Waals surface area contributed by atoms with Gasteiger partial charge in [0, 0.05) is 37.6 Å². The van der Waals surface area contributed by atoms with Crippen LogP contribution in [0.5, 0.6) is 0 Å². The van der Waals surface area contributed by atoms with E-state index in [1.807, 2.05) is 18.5 Å².